The van der Waals surface area contributed by atoms with Gasteiger partial charge in [0.1, 0.15) is 5.84 Å². The molecule has 23 heavy (non-hydrogen) atoms. The summed E-state index contributed by atoms with van der Waals surface area (Å²) in [6.07, 6.45) is 8.06. The van der Waals surface area contributed by atoms with E-state index in [9.17, 15) is 0 Å². The van der Waals surface area contributed by atoms with E-state index in [0.717, 1.165) is 10.7 Å². The normalized spacial score (nSPS) is 17.6. The van der Waals surface area contributed by atoms with Gasteiger partial charge in [0.15, 0.2) is 5.84 Å². The fraction of sp³-hybridized carbons (Fsp3) is 0. The van der Waals surface area contributed by atoms with Crippen molar-refractivity contribution in [1.29, 1.82) is 0 Å². The predicted molar refractivity (Wildman–Crippen MR) is 101 cm³/mol. The standard InChI is InChI=1S/C18H13N3S2/c1-3-7-15-13(5-1)9-11-17(20-22-15)19-18-12-10-14-6-2-4-8-16(14)23-21-18/h1-12H,(H,19,20,21). The Morgan fingerprint density at radius 3 is 2.35 bits per heavy atom. The van der Waals surface area contributed by atoms with E-state index in [0.29, 0.717) is 5.84 Å². The molecule has 0 fully saturated rings. The van der Waals surface area contributed by atoms with Gasteiger partial charge < -0.3 is 4.72 Å². The summed E-state index contributed by atoms with van der Waals surface area (Å²) in [6, 6.07) is 16.5. The number of rotatable bonds is 0. The minimum Gasteiger partial charge on any atom is -0.310 e. The lowest BCUT2D eigenvalue weighted by atomic mass is 10.2. The Morgan fingerprint density at radius 1 is 0.783 bits per heavy atom. The molecule has 0 saturated carbocycles. The van der Waals surface area contributed by atoms with Gasteiger partial charge in [-0.1, -0.05) is 48.6 Å². The van der Waals surface area contributed by atoms with Crippen LogP contribution in [0.25, 0.3) is 12.2 Å². The molecule has 0 radical (unpaired) electrons. The number of hydrogen-bond acceptors (Lipinski definition) is 4. The summed E-state index contributed by atoms with van der Waals surface area (Å²) in [4.78, 5) is 6.95. The molecular formula is C18H13N3S2. The minimum atomic E-state index is 0.699. The number of amidine groups is 2. The molecule has 4 rings (SSSR count). The van der Waals surface area contributed by atoms with E-state index in [4.69, 9.17) is 0 Å². The monoisotopic (exact) mass is 335 g/mol. The molecule has 0 spiro atoms. The van der Waals surface area contributed by atoms with Crippen LogP contribution in [0.2, 0.25) is 0 Å². The highest BCUT2D eigenvalue weighted by Crippen LogP contribution is 2.28. The molecule has 5 heteroatoms. The Hall–Kier alpha value is -2.24. The van der Waals surface area contributed by atoms with Gasteiger partial charge in [-0.05, 0) is 47.4 Å². The van der Waals surface area contributed by atoms with Crippen molar-refractivity contribution in [3.05, 3.63) is 71.8 Å². The second-order valence-corrected chi connectivity index (χ2v) is 6.64. The Labute approximate surface area is 143 Å². The van der Waals surface area contributed by atoms with Gasteiger partial charge in [0.05, 0.1) is 0 Å². The Kier molecular flexibility index (Phi) is 4.05. The first-order valence-corrected chi connectivity index (χ1v) is 8.78. The van der Waals surface area contributed by atoms with Gasteiger partial charge in [0.2, 0.25) is 0 Å². The van der Waals surface area contributed by atoms with E-state index in [2.05, 4.69) is 50.5 Å². The third-order valence-corrected chi connectivity index (χ3v) is 5.16. The lowest BCUT2D eigenvalue weighted by molar-refractivity contribution is 1.40. The molecule has 0 aliphatic carbocycles. The maximum atomic E-state index is 4.62. The van der Waals surface area contributed by atoms with Crippen LogP contribution in [0.5, 0.6) is 0 Å². The molecule has 1 N–H and O–H groups in total. The molecule has 0 bridgehead atoms. The summed E-state index contributed by atoms with van der Waals surface area (Å²) >= 11 is 3.03. The summed E-state index contributed by atoms with van der Waals surface area (Å²) < 4.78 is 7.80. The average molecular weight is 335 g/mol. The summed E-state index contributed by atoms with van der Waals surface area (Å²) in [5.74, 6) is 1.49. The van der Waals surface area contributed by atoms with Crippen LogP contribution in [0.4, 0.5) is 0 Å². The van der Waals surface area contributed by atoms with Crippen molar-refractivity contribution >= 4 is 47.7 Å². The zero-order valence-corrected chi connectivity index (χ0v) is 13.8. The maximum absolute atomic E-state index is 4.62. The van der Waals surface area contributed by atoms with E-state index in [-0.39, 0.29) is 0 Å². The van der Waals surface area contributed by atoms with Crippen molar-refractivity contribution in [3.63, 3.8) is 0 Å². The second-order valence-electron chi connectivity index (χ2n) is 4.98. The number of aliphatic imine (C=N–C) groups is 1. The Balaban J connectivity index is 1.59. The molecule has 2 heterocycles. The number of hydrogen-bond donors (Lipinski definition) is 1. The first kappa shape index (κ1) is 14.4. The molecule has 0 atom stereocenters. The topological polar surface area (TPSA) is 36.8 Å². The molecule has 3 nitrogen and oxygen atoms in total. The Bertz CT molecular complexity index is 866. The largest absolute Gasteiger partial charge is 0.310 e. The molecule has 2 aliphatic rings. The molecule has 0 unspecified atom stereocenters. The SMILES string of the molecule is C1=Cc2ccccc2SN=C1N=C1C=Cc2ccccc2SN1. The average Bonchev–Trinajstić information content (AvgIpc) is 2.93. The molecule has 112 valence electrons. The van der Waals surface area contributed by atoms with Gasteiger partial charge in [-0.15, -0.1) is 0 Å². The smallest absolute Gasteiger partial charge is 0.162 e. The summed E-state index contributed by atoms with van der Waals surface area (Å²) in [7, 11) is 0. The fourth-order valence-corrected chi connectivity index (χ4v) is 3.66. The first-order chi connectivity index (χ1) is 11.4. The van der Waals surface area contributed by atoms with E-state index in [1.54, 1.807) is 11.9 Å². The highest BCUT2D eigenvalue weighted by molar-refractivity contribution is 7.98. The van der Waals surface area contributed by atoms with E-state index in [1.165, 1.54) is 28.0 Å². The molecular weight excluding hydrogens is 322 g/mol. The van der Waals surface area contributed by atoms with Crippen molar-refractivity contribution < 1.29 is 0 Å². The van der Waals surface area contributed by atoms with Crippen LogP contribution >= 0.6 is 23.9 Å². The molecule has 2 aromatic rings. The summed E-state index contributed by atoms with van der Waals surface area (Å²) in [5, 5.41) is 0. The van der Waals surface area contributed by atoms with Crippen molar-refractivity contribution in [2.24, 2.45) is 9.39 Å². The molecule has 2 aliphatic heterocycles. The van der Waals surface area contributed by atoms with E-state index >= 15 is 0 Å². The van der Waals surface area contributed by atoms with Crippen molar-refractivity contribution in [3.8, 4) is 0 Å². The first-order valence-electron chi connectivity index (χ1n) is 7.19. The third kappa shape index (κ3) is 3.25. The number of benzene rings is 2. The van der Waals surface area contributed by atoms with Gasteiger partial charge in [0, 0.05) is 21.7 Å². The Morgan fingerprint density at radius 2 is 1.48 bits per heavy atom. The van der Waals surface area contributed by atoms with Crippen LogP contribution in [0.3, 0.4) is 0 Å². The van der Waals surface area contributed by atoms with Gasteiger partial charge >= 0.3 is 0 Å². The summed E-state index contributed by atoms with van der Waals surface area (Å²) in [5.41, 5.74) is 2.36. The molecule has 2 aromatic carbocycles. The summed E-state index contributed by atoms with van der Waals surface area (Å²) in [6.45, 7) is 0. The number of fused-ring (bicyclic) bond motifs is 2. The minimum absolute atomic E-state index is 0.699. The van der Waals surface area contributed by atoms with Gasteiger partial charge in [-0.25, -0.2) is 4.99 Å². The molecule has 0 saturated heterocycles. The highest BCUT2D eigenvalue weighted by Gasteiger charge is 2.08. The highest BCUT2D eigenvalue weighted by atomic mass is 32.2. The molecule has 0 aromatic heterocycles. The van der Waals surface area contributed by atoms with Crippen LogP contribution in [-0.2, 0) is 0 Å². The number of nitrogens with zero attached hydrogens (tertiary/aromatic N) is 2. The van der Waals surface area contributed by atoms with E-state index < -0.39 is 0 Å². The van der Waals surface area contributed by atoms with Crippen molar-refractivity contribution in [2.75, 3.05) is 0 Å². The zero-order valence-electron chi connectivity index (χ0n) is 12.1. The van der Waals surface area contributed by atoms with Gasteiger partial charge in [-0.2, -0.15) is 4.40 Å². The number of nitrogens with one attached hydrogen (secondary N) is 1. The lowest BCUT2D eigenvalue weighted by Gasteiger charge is -2.03. The quantitative estimate of drug-likeness (QED) is 0.700. The third-order valence-electron chi connectivity index (χ3n) is 3.41. The van der Waals surface area contributed by atoms with Crippen LogP contribution in [0, 0.1) is 0 Å². The van der Waals surface area contributed by atoms with E-state index in [1.807, 2.05) is 36.4 Å². The van der Waals surface area contributed by atoms with Crippen LogP contribution in [-0.4, -0.2) is 11.7 Å². The van der Waals surface area contributed by atoms with Gasteiger partial charge in [0.25, 0.3) is 0 Å². The molecule has 0 amide bonds. The van der Waals surface area contributed by atoms with Crippen molar-refractivity contribution in [2.45, 2.75) is 9.79 Å². The van der Waals surface area contributed by atoms with Crippen molar-refractivity contribution in [1.82, 2.24) is 4.72 Å². The lowest BCUT2D eigenvalue weighted by Crippen LogP contribution is -2.13. The zero-order chi connectivity index (χ0) is 15.5. The van der Waals surface area contributed by atoms with Gasteiger partial charge in [-0.3, -0.25) is 0 Å². The van der Waals surface area contributed by atoms with Crippen LogP contribution < -0.4 is 4.72 Å². The van der Waals surface area contributed by atoms with Crippen LogP contribution in [0.15, 0.2) is 79.9 Å². The second kappa shape index (κ2) is 6.48. The fourth-order valence-electron chi connectivity index (χ4n) is 2.25. The predicted octanol–water partition coefficient (Wildman–Crippen LogP) is 4.84. The maximum Gasteiger partial charge on any atom is 0.162 e. The van der Waals surface area contributed by atoms with Crippen LogP contribution in [0.1, 0.15) is 11.1 Å².